The van der Waals surface area contributed by atoms with E-state index in [0.29, 0.717) is 19.5 Å². The van der Waals surface area contributed by atoms with Crippen LogP contribution in [0.2, 0.25) is 0 Å². The van der Waals surface area contributed by atoms with Gasteiger partial charge in [-0.3, -0.25) is 19.3 Å². The molecule has 0 aromatic carbocycles. The molecule has 2 amide bonds. The third-order valence-corrected chi connectivity index (χ3v) is 5.09. The van der Waals surface area contributed by atoms with Gasteiger partial charge in [0, 0.05) is 26.1 Å². The summed E-state index contributed by atoms with van der Waals surface area (Å²) >= 11 is 0. The van der Waals surface area contributed by atoms with Crippen LogP contribution in [0.1, 0.15) is 53.4 Å². The Bertz CT molecular complexity index is 465. The molecule has 1 rings (SSSR count). The van der Waals surface area contributed by atoms with Crippen molar-refractivity contribution in [2.24, 2.45) is 0 Å². The van der Waals surface area contributed by atoms with Crippen LogP contribution in [-0.4, -0.2) is 82.4 Å². The van der Waals surface area contributed by atoms with E-state index in [1.165, 1.54) is 11.8 Å². The van der Waals surface area contributed by atoms with Gasteiger partial charge in [-0.25, -0.2) is 0 Å². The first-order chi connectivity index (χ1) is 11.8. The molecule has 0 aromatic rings. The predicted octanol–water partition coefficient (Wildman–Crippen LogP) is 1.42. The van der Waals surface area contributed by atoms with Crippen molar-refractivity contribution >= 4 is 17.8 Å². The summed E-state index contributed by atoms with van der Waals surface area (Å²) in [6.07, 6.45) is 2.93. The highest BCUT2D eigenvalue weighted by Gasteiger charge is 2.31. The van der Waals surface area contributed by atoms with Crippen LogP contribution in [0.4, 0.5) is 0 Å². The Balaban J connectivity index is 2.77. The van der Waals surface area contributed by atoms with Gasteiger partial charge in [-0.05, 0) is 38.8 Å². The van der Waals surface area contributed by atoms with Crippen LogP contribution in [0.5, 0.6) is 0 Å². The van der Waals surface area contributed by atoms with Gasteiger partial charge in [0.05, 0.1) is 6.04 Å². The second kappa shape index (κ2) is 10.4. The molecular formula is C18H33N3O4. The molecule has 0 aliphatic carbocycles. The van der Waals surface area contributed by atoms with E-state index in [1.807, 2.05) is 11.8 Å². The lowest BCUT2D eigenvalue weighted by Gasteiger charge is -2.33. The monoisotopic (exact) mass is 355 g/mol. The second-order valence-electron chi connectivity index (χ2n) is 6.60. The minimum Gasteiger partial charge on any atom is -0.480 e. The molecule has 1 saturated heterocycles. The summed E-state index contributed by atoms with van der Waals surface area (Å²) in [5.74, 6) is -1.07. The zero-order chi connectivity index (χ0) is 19.0. The Morgan fingerprint density at radius 3 is 2.24 bits per heavy atom. The maximum Gasteiger partial charge on any atom is 0.323 e. The van der Waals surface area contributed by atoms with Crippen molar-refractivity contribution in [3.05, 3.63) is 0 Å². The van der Waals surface area contributed by atoms with Gasteiger partial charge in [-0.15, -0.1) is 0 Å². The topological polar surface area (TPSA) is 81.2 Å². The van der Waals surface area contributed by atoms with Crippen molar-refractivity contribution in [3.8, 4) is 0 Å². The Morgan fingerprint density at radius 2 is 1.76 bits per heavy atom. The largest absolute Gasteiger partial charge is 0.480 e. The summed E-state index contributed by atoms with van der Waals surface area (Å²) in [4.78, 5) is 41.3. The summed E-state index contributed by atoms with van der Waals surface area (Å²) in [6.45, 7) is 10.2. The lowest BCUT2D eigenvalue weighted by molar-refractivity contribution is -0.145. The first-order valence-corrected chi connectivity index (χ1v) is 9.37. The van der Waals surface area contributed by atoms with Gasteiger partial charge >= 0.3 is 5.97 Å². The fourth-order valence-corrected chi connectivity index (χ4v) is 3.72. The molecule has 25 heavy (non-hydrogen) atoms. The highest BCUT2D eigenvalue weighted by molar-refractivity contribution is 5.82. The Kier molecular flexibility index (Phi) is 8.89. The normalized spacial score (nSPS) is 19.4. The highest BCUT2D eigenvalue weighted by atomic mass is 16.4. The lowest BCUT2D eigenvalue weighted by atomic mass is 10.1. The number of carbonyl (C=O) groups excluding carboxylic acids is 2. The quantitative estimate of drug-likeness (QED) is 0.712. The number of aliphatic carboxylic acids is 1. The number of rotatable bonds is 8. The van der Waals surface area contributed by atoms with Gasteiger partial charge in [0.15, 0.2) is 0 Å². The Morgan fingerprint density at radius 1 is 1.12 bits per heavy atom. The van der Waals surface area contributed by atoms with Crippen LogP contribution in [-0.2, 0) is 14.4 Å². The minimum atomic E-state index is -1.00. The standard InChI is InChI=1S/C18H33N3O4/c1-5-16(19(6-2)7-3)18(25)20-11-8-9-15(10-12-20)21(14(4)22)13-17(23)24/h15-16H,5-13H2,1-4H3,(H,23,24). The van der Waals surface area contributed by atoms with E-state index >= 15 is 0 Å². The van der Waals surface area contributed by atoms with Crippen molar-refractivity contribution in [2.75, 3.05) is 32.7 Å². The minimum absolute atomic E-state index is 0.102. The van der Waals surface area contributed by atoms with E-state index in [9.17, 15) is 14.4 Å². The molecule has 1 fully saturated rings. The molecule has 1 N–H and O–H groups in total. The summed E-state index contributed by atoms with van der Waals surface area (Å²) in [5.41, 5.74) is 0. The summed E-state index contributed by atoms with van der Waals surface area (Å²) < 4.78 is 0. The second-order valence-corrected chi connectivity index (χ2v) is 6.60. The van der Waals surface area contributed by atoms with E-state index < -0.39 is 5.97 Å². The fourth-order valence-electron chi connectivity index (χ4n) is 3.72. The van der Waals surface area contributed by atoms with E-state index in [0.717, 1.165) is 32.4 Å². The average Bonchev–Trinajstić information content (AvgIpc) is 2.82. The average molecular weight is 355 g/mol. The first-order valence-electron chi connectivity index (χ1n) is 9.37. The molecule has 2 unspecified atom stereocenters. The van der Waals surface area contributed by atoms with Crippen molar-refractivity contribution in [2.45, 2.75) is 65.5 Å². The van der Waals surface area contributed by atoms with Crippen LogP contribution in [0.3, 0.4) is 0 Å². The van der Waals surface area contributed by atoms with Crippen molar-refractivity contribution in [3.63, 3.8) is 0 Å². The molecule has 1 aliphatic heterocycles. The van der Waals surface area contributed by atoms with Crippen molar-refractivity contribution in [1.29, 1.82) is 0 Å². The summed E-state index contributed by atoms with van der Waals surface area (Å²) in [6, 6.07) is -0.214. The molecule has 0 saturated carbocycles. The lowest BCUT2D eigenvalue weighted by Crippen LogP contribution is -2.49. The van der Waals surface area contributed by atoms with Crippen LogP contribution in [0, 0.1) is 0 Å². The van der Waals surface area contributed by atoms with Crippen LogP contribution in [0.25, 0.3) is 0 Å². The van der Waals surface area contributed by atoms with E-state index in [2.05, 4.69) is 18.7 Å². The third kappa shape index (κ3) is 5.99. The summed E-state index contributed by atoms with van der Waals surface area (Å²) in [7, 11) is 0. The maximum atomic E-state index is 12.9. The molecule has 7 heteroatoms. The molecule has 0 radical (unpaired) electrons. The number of hydrogen-bond acceptors (Lipinski definition) is 4. The van der Waals surface area contributed by atoms with E-state index in [4.69, 9.17) is 5.11 Å². The number of nitrogens with zero attached hydrogens (tertiary/aromatic N) is 3. The van der Waals surface area contributed by atoms with E-state index in [1.54, 1.807) is 0 Å². The third-order valence-electron chi connectivity index (χ3n) is 5.09. The number of amides is 2. The van der Waals surface area contributed by atoms with Crippen LogP contribution < -0.4 is 0 Å². The van der Waals surface area contributed by atoms with Crippen molar-refractivity contribution < 1.29 is 19.5 Å². The molecule has 7 nitrogen and oxygen atoms in total. The predicted molar refractivity (Wildman–Crippen MR) is 96.2 cm³/mol. The van der Waals surface area contributed by atoms with Crippen LogP contribution >= 0.6 is 0 Å². The van der Waals surface area contributed by atoms with Gasteiger partial charge < -0.3 is 14.9 Å². The van der Waals surface area contributed by atoms with Gasteiger partial charge in [0.25, 0.3) is 0 Å². The Labute approximate surface area is 150 Å². The SMILES string of the molecule is CCC(C(=O)N1CCCC(N(CC(=O)O)C(C)=O)CC1)N(CC)CC. The van der Waals surface area contributed by atoms with Crippen LogP contribution in [0.15, 0.2) is 0 Å². The first kappa shape index (κ1) is 21.4. The smallest absolute Gasteiger partial charge is 0.323 e. The molecule has 1 heterocycles. The molecule has 1 aliphatic rings. The van der Waals surface area contributed by atoms with E-state index in [-0.39, 0.29) is 30.4 Å². The maximum absolute atomic E-state index is 12.9. The molecule has 0 aromatic heterocycles. The summed E-state index contributed by atoms with van der Waals surface area (Å²) in [5, 5.41) is 9.03. The van der Waals surface area contributed by atoms with Gasteiger partial charge in [0.1, 0.15) is 6.54 Å². The zero-order valence-electron chi connectivity index (χ0n) is 16.0. The molecule has 0 bridgehead atoms. The number of likely N-dealkylation sites (N-methyl/N-ethyl adjacent to an activating group) is 1. The van der Waals surface area contributed by atoms with Gasteiger partial charge in [0.2, 0.25) is 11.8 Å². The molecule has 0 spiro atoms. The Hall–Kier alpha value is -1.63. The molecule has 144 valence electrons. The zero-order valence-corrected chi connectivity index (χ0v) is 16.0. The highest BCUT2D eigenvalue weighted by Crippen LogP contribution is 2.19. The number of likely N-dealkylation sites (tertiary alicyclic amines) is 1. The number of carboxylic acids is 1. The number of hydrogen-bond donors (Lipinski definition) is 1. The van der Waals surface area contributed by atoms with Gasteiger partial charge in [-0.2, -0.15) is 0 Å². The molecular weight excluding hydrogens is 322 g/mol. The molecule has 2 atom stereocenters. The number of carboxylic acid groups (broad SMARTS) is 1. The van der Waals surface area contributed by atoms with Crippen molar-refractivity contribution in [1.82, 2.24) is 14.7 Å². The number of carbonyl (C=O) groups is 3. The van der Waals surface area contributed by atoms with Gasteiger partial charge in [-0.1, -0.05) is 20.8 Å². The fraction of sp³-hybridized carbons (Fsp3) is 0.833.